The summed E-state index contributed by atoms with van der Waals surface area (Å²) in [6, 6.07) is 5.36. The van der Waals surface area contributed by atoms with Gasteiger partial charge < -0.3 is 5.11 Å². The molecule has 0 spiro atoms. The molecule has 100 valence electrons. The molecule has 4 heteroatoms. The summed E-state index contributed by atoms with van der Waals surface area (Å²) in [6.45, 7) is 6.85. The molecule has 4 nitrogen and oxygen atoms in total. The van der Waals surface area contributed by atoms with Crippen LogP contribution in [0, 0.1) is 13.8 Å². The molecule has 0 aliphatic carbocycles. The van der Waals surface area contributed by atoms with Gasteiger partial charge in [-0.15, -0.1) is 0 Å². The SMILES string of the molecule is CCCn1ncc(-c2cccc(C(=O)O)c2C)c1C. The van der Waals surface area contributed by atoms with Gasteiger partial charge >= 0.3 is 5.97 Å². The number of aromatic nitrogens is 2. The van der Waals surface area contributed by atoms with Crippen LogP contribution in [0.4, 0.5) is 0 Å². The fraction of sp³-hybridized carbons (Fsp3) is 0.333. The van der Waals surface area contributed by atoms with Gasteiger partial charge in [0.15, 0.2) is 0 Å². The first-order valence-electron chi connectivity index (χ1n) is 6.42. The van der Waals surface area contributed by atoms with Gasteiger partial charge in [0.25, 0.3) is 0 Å². The third kappa shape index (κ3) is 2.38. The number of hydrogen-bond donors (Lipinski definition) is 1. The molecule has 0 radical (unpaired) electrons. The van der Waals surface area contributed by atoms with Crippen LogP contribution in [0.2, 0.25) is 0 Å². The molecule has 0 atom stereocenters. The number of rotatable bonds is 4. The number of benzene rings is 1. The Morgan fingerprint density at radius 2 is 2.05 bits per heavy atom. The topological polar surface area (TPSA) is 55.1 Å². The standard InChI is InChI=1S/C15H18N2O2/c1-4-8-17-11(3)14(9-16-17)12-6-5-7-13(10(12)2)15(18)19/h5-7,9H,4,8H2,1-3H3,(H,18,19). The molecule has 1 aromatic heterocycles. The summed E-state index contributed by atoms with van der Waals surface area (Å²) in [4.78, 5) is 11.2. The Hall–Kier alpha value is -2.10. The smallest absolute Gasteiger partial charge is 0.335 e. The molecule has 1 aromatic carbocycles. The third-order valence-electron chi connectivity index (χ3n) is 3.39. The van der Waals surface area contributed by atoms with Gasteiger partial charge in [-0.05, 0) is 37.5 Å². The van der Waals surface area contributed by atoms with Crippen molar-refractivity contribution in [3.8, 4) is 11.1 Å². The van der Waals surface area contributed by atoms with Gasteiger partial charge in [0.05, 0.1) is 11.8 Å². The average Bonchev–Trinajstić information content (AvgIpc) is 2.72. The molecular weight excluding hydrogens is 240 g/mol. The fourth-order valence-electron chi connectivity index (χ4n) is 2.31. The molecule has 2 rings (SSSR count). The molecule has 0 unspecified atom stereocenters. The van der Waals surface area contributed by atoms with Gasteiger partial charge in [0.2, 0.25) is 0 Å². The van der Waals surface area contributed by atoms with Crippen LogP contribution in [0.1, 0.15) is 35.0 Å². The largest absolute Gasteiger partial charge is 0.478 e. The summed E-state index contributed by atoms with van der Waals surface area (Å²) in [5.41, 5.74) is 4.16. The van der Waals surface area contributed by atoms with Gasteiger partial charge in [0.1, 0.15) is 0 Å². The highest BCUT2D eigenvalue weighted by molar-refractivity contribution is 5.92. The molecule has 0 amide bonds. The summed E-state index contributed by atoms with van der Waals surface area (Å²) in [6.07, 6.45) is 2.84. The maximum atomic E-state index is 11.2. The van der Waals surface area contributed by atoms with Crippen molar-refractivity contribution in [1.82, 2.24) is 9.78 Å². The summed E-state index contributed by atoms with van der Waals surface area (Å²) in [5, 5.41) is 13.5. The number of aryl methyl sites for hydroxylation is 1. The van der Waals surface area contributed by atoms with E-state index >= 15 is 0 Å². The zero-order valence-electron chi connectivity index (χ0n) is 11.5. The number of carboxylic acids is 1. The monoisotopic (exact) mass is 258 g/mol. The first kappa shape index (κ1) is 13.3. The highest BCUT2D eigenvalue weighted by Gasteiger charge is 2.14. The fourth-order valence-corrected chi connectivity index (χ4v) is 2.31. The Bertz CT molecular complexity index is 615. The molecule has 1 N–H and O–H groups in total. The van der Waals surface area contributed by atoms with E-state index in [4.69, 9.17) is 0 Å². The van der Waals surface area contributed by atoms with Crippen LogP contribution >= 0.6 is 0 Å². The van der Waals surface area contributed by atoms with Gasteiger partial charge in [-0.3, -0.25) is 4.68 Å². The molecule has 1 heterocycles. The molecule has 0 saturated heterocycles. The van der Waals surface area contributed by atoms with Crippen LogP contribution < -0.4 is 0 Å². The van der Waals surface area contributed by atoms with Gasteiger partial charge in [-0.1, -0.05) is 19.1 Å². The molecular formula is C15H18N2O2. The van der Waals surface area contributed by atoms with Crippen molar-refractivity contribution in [2.45, 2.75) is 33.7 Å². The molecule has 0 bridgehead atoms. The number of carboxylic acid groups (broad SMARTS) is 1. The second kappa shape index (κ2) is 5.26. The lowest BCUT2D eigenvalue weighted by atomic mass is 9.97. The molecule has 0 aliphatic heterocycles. The van der Waals surface area contributed by atoms with E-state index < -0.39 is 5.97 Å². The molecule has 0 saturated carbocycles. The van der Waals surface area contributed by atoms with Crippen LogP contribution in [0.3, 0.4) is 0 Å². The number of carbonyl (C=O) groups is 1. The second-order valence-electron chi connectivity index (χ2n) is 4.65. The summed E-state index contributed by atoms with van der Waals surface area (Å²) < 4.78 is 1.96. The lowest BCUT2D eigenvalue weighted by Crippen LogP contribution is -2.02. The van der Waals surface area contributed by atoms with Crippen molar-refractivity contribution in [1.29, 1.82) is 0 Å². The maximum Gasteiger partial charge on any atom is 0.335 e. The van der Waals surface area contributed by atoms with Crippen molar-refractivity contribution >= 4 is 5.97 Å². The predicted molar refractivity (Wildman–Crippen MR) is 74.4 cm³/mol. The first-order chi connectivity index (χ1) is 9.06. The molecule has 0 fully saturated rings. The van der Waals surface area contributed by atoms with Crippen molar-refractivity contribution in [3.63, 3.8) is 0 Å². The Morgan fingerprint density at radius 3 is 2.68 bits per heavy atom. The van der Waals surface area contributed by atoms with E-state index in [1.54, 1.807) is 12.1 Å². The van der Waals surface area contributed by atoms with E-state index in [1.807, 2.05) is 30.8 Å². The lowest BCUT2D eigenvalue weighted by Gasteiger charge is -2.09. The minimum absolute atomic E-state index is 0.347. The van der Waals surface area contributed by atoms with Gasteiger partial charge in [-0.25, -0.2) is 4.79 Å². The second-order valence-corrected chi connectivity index (χ2v) is 4.65. The summed E-state index contributed by atoms with van der Waals surface area (Å²) >= 11 is 0. The summed E-state index contributed by atoms with van der Waals surface area (Å²) in [5.74, 6) is -0.891. The molecule has 2 aromatic rings. The van der Waals surface area contributed by atoms with Gasteiger partial charge in [0, 0.05) is 17.8 Å². The summed E-state index contributed by atoms with van der Waals surface area (Å²) in [7, 11) is 0. The minimum Gasteiger partial charge on any atom is -0.478 e. The Morgan fingerprint density at radius 1 is 1.32 bits per heavy atom. The van der Waals surface area contributed by atoms with E-state index in [0.717, 1.165) is 35.3 Å². The zero-order valence-corrected chi connectivity index (χ0v) is 11.5. The van der Waals surface area contributed by atoms with Crippen molar-refractivity contribution in [3.05, 3.63) is 41.2 Å². The number of nitrogens with zero attached hydrogens (tertiary/aromatic N) is 2. The van der Waals surface area contributed by atoms with Crippen LogP contribution in [0.25, 0.3) is 11.1 Å². The first-order valence-corrected chi connectivity index (χ1v) is 6.42. The van der Waals surface area contributed by atoms with E-state index in [9.17, 15) is 9.90 Å². The molecule has 0 aliphatic rings. The quantitative estimate of drug-likeness (QED) is 0.915. The minimum atomic E-state index is -0.891. The van der Waals surface area contributed by atoms with E-state index in [-0.39, 0.29) is 0 Å². The van der Waals surface area contributed by atoms with Crippen molar-refractivity contribution in [2.75, 3.05) is 0 Å². The maximum absolute atomic E-state index is 11.2. The number of hydrogen-bond acceptors (Lipinski definition) is 2. The van der Waals surface area contributed by atoms with E-state index in [0.29, 0.717) is 5.56 Å². The Kier molecular flexibility index (Phi) is 3.69. The van der Waals surface area contributed by atoms with Crippen LogP contribution in [0.5, 0.6) is 0 Å². The normalized spacial score (nSPS) is 10.7. The van der Waals surface area contributed by atoms with Crippen LogP contribution in [-0.4, -0.2) is 20.9 Å². The van der Waals surface area contributed by atoms with Crippen molar-refractivity contribution < 1.29 is 9.90 Å². The van der Waals surface area contributed by atoms with Crippen LogP contribution in [0.15, 0.2) is 24.4 Å². The molecule has 19 heavy (non-hydrogen) atoms. The predicted octanol–water partition coefficient (Wildman–Crippen LogP) is 3.28. The number of aromatic carboxylic acids is 1. The van der Waals surface area contributed by atoms with Gasteiger partial charge in [-0.2, -0.15) is 5.10 Å². The Balaban J connectivity index is 2.53. The highest BCUT2D eigenvalue weighted by Crippen LogP contribution is 2.28. The van der Waals surface area contributed by atoms with Crippen LogP contribution in [-0.2, 0) is 6.54 Å². The van der Waals surface area contributed by atoms with E-state index in [2.05, 4.69) is 12.0 Å². The van der Waals surface area contributed by atoms with Crippen molar-refractivity contribution in [2.24, 2.45) is 0 Å². The highest BCUT2D eigenvalue weighted by atomic mass is 16.4. The third-order valence-corrected chi connectivity index (χ3v) is 3.39. The Labute approximate surface area is 112 Å². The van der Waals surface area contributed by atoms with E-state index in [1.165, 1.54) is 0 Å². The average molecular weight is 258 g/mol. The lowest BCUT2D eigenvalue weighted by molar-refractivity contribution is 0.0696. The zero-order chi connectivity index (χ0) is 14.0.